The zero-order valence-electron chi connectivity index (χ0n) is 13.1. The number of thiophene rings is 1. The predicted octanol–water partition coefficient (Wildman–Crippen LogP) is 3.68. The minimum Gasteiger partial charge on any atom is -0.493 e. The first-order chi connectivity index (χ1) is 11.7. The largest absolute Gasteiger partial charge is 0.493 e. The number of esters is 1. The van der Waals surface area contributed by atoms with Gasteiger partial charge in [0.2, 0.25) is 5.88 Å². The second kappa shape index (κ2) is 7.10. The van der Waals surface area contributed by atoms with Gasteiger partial charge in [-0.2, -0.15) is 0 Å². The maximum Gasteiger partial charge on any atom is 0.330 e. The van der Waals surface area contributed by atoms with Crippen LogP contribution in [0.3, 0.4) is 0 Å². The van der Waals surface area contributed by atoms with Gasteiger partial charge < -0.3 is 14.2 Å². The van der Waals surface area contributed by atoms with E-state index >= 15 is 0 Å². The Labute approximate surface area is 142 Å². The summed E-state index contributed by atoms with van der Waals surface area (Å²) in [5.74, 6) is 1.12. The first kappa shape index (κ1) is 15.9. The van der Waals surface area contributed by atoms with Gasteiger partial charge in [0.1, 0.15) is 11.0 Å². The van der Waals surface area contributed by atoms with Crippen LogP contribution in [0.25, 0.3) is 16.3 Å². The molecule has 0 fully saturated rings. The van der Waals surface area contributed by atoms with E-state index in [1.165, 1.54) is 30.8 Å². The Morgan fingerprint density at radius 1 is 1.17 bits per heavy atom. The summed E-state index contributed by atoms with van der Waals surface area (Å²) in [5, 5.41) is 1.93. The maximum absolute atomic E-state index is 11.2. The predicted molar refractivity (Wildman–Crippen MR) is 91.5 cm³/mol. The average molecular weight is 342 g/mol. The van der Waals surface area contributed by atoms with Crippen molar-refractivity contribution in [3.63, 3.8) is 0 Å². The first-order valence-corrected chi connectivity index (χ1v) is 7.89. The minimum atomic E-state index is -0.421. The number of fused-ring (bicyclic) bond motifs is 1. The molecule has 0 saturated carbocycles. The molecule has 0 bridgehead atoms. The van der Waals surface area contributed by atoms with E-state index in [1.807, 2.05) is 17.5 Å². The molecular weight excluding hydrogens is 328 g/mol. The molecule has 0 N–H and O–H groups in total. The lowest BCUT2D eigenvalue weighted by Crippen LogP contribution is -1.95. The molecule has 0 aliphatic carbocycles. The van der Waals surface area contributed by atoms with Crippen molar-refractivity contribution in [3.05, 3.63) is 47.6 Å². The van der Waals surface area contributed by atoms with Crippen molar-refractivity contribution >= 4 is 33.6 Å². The van der Waals surface area contributed by atoms with Crippen LogP contribution in [0.2, 0.25) is 0 Å². The molecule has 24 heavy (non-hydrogen) atoms. The van der Waals surface area contributed by atoms with E-state index in [-0.39, 0.29) is 0 Å². The molecule has 1 aromatic carbocycles. The van der Waals surface area contributed by atoms with E-state index in [0.29, 0.717) is 17.4 Å². The highest BCUT2D eigenvalue weighted by Gasteiger charge is 2.11. The molecule has 0 radical (unpaired) electrons. The Morgan fingerprint density at radius 3 is 2.83 bits per heavy atom. The van der Waals surface area contributed by atoms with Crippen molar-refractivity contribution < 1.29 is 19.0 Å². The molecule has 0 aliphatic rings. The van der Waals surface area contributed by atoms with Gasteiger partial charge >= 0.3 is 5.97 Å². The molecule has 2 aromatic heterocycles. The van der Waals surface area contributed by atoms with Crippen LogP contribution in [-0.2, 0) is 9.53 Å². The normalized spacial score (nSPS) is 10.9. The van der Waals surface area contributed by atoms with Crippen molar-refractivity contribution in [3.8, 4) is 17.4 Å². The first-order valence-electron chi connectivity index (χ1n) is 7.01. The van der Waals surface area contributed by atoms with Gasteiger partial charge in [0.25, 0.3) is 0 Å². The lowest BCUT2D eigenvalue weighted by Gasteiger charge is -2.10. The van der Waals surface area contributed by atoms with Crippen molar-refractivity contribution in [2.24, 2.45) is 0 Å². The Balaban J connectivity index is 1.89. The van der Waals surface area contributed by atoms with Crippen LogP contribution >= 0.6 is 11.3 Å². The van der Waals surface area contributed by atoms with Gasteiger partial charge in [-0.1, -0.05) is 6.07 Å². The van der Waals surface area contributed by atoms with Crippen LogP contribution in [0.1, 0.15) is 5.56 Å². The van der Waals surface area contributed by atoms with Gasteiger partial charge in [-0.05, 0) is 35.2 Å². The molecule has 6 nitrogen and oxygen atoms in total. The Bertz CT molecular complexity index is 904. The molecule has 3 rings (SSSR count). The molecule has 0 atom stereocenters. The molecule has 122 valence electrons. The van der Waals surface area contributed by atoms with Gasteiger partial charge in [0.15, 0.2) is 11.5 Å². The lowest BCUT2D eigenvalue weighted by molar-refractivity contribution is -0.134. The van der Waals surface area contributed by atoms with Gasteiger partial charge in [-0.3, -0.25) is 0 Å². The van der Waals surface area contributed by atoms with Crippen molar-refractivity contribution in [2.45, 2.75) is 0 Å². The summed E-state index contributed by atoms with van der Waals surface area (Å²) in [5.41, 5.74) is 1.62. The Morgan fingerprint density at radius 2 is 2.04 bits per heavy atom. The topological polar surface area (TPSA) is 70.5 Å². The summed E-state index contributed by atoms with van der Waals surface area (Å²) in [4.78, 5) is 19.5. The minimum absolute atomic E-state index is 0.421. The molecule has 0 unspecified atom stereocenters. The van der Waals surface area contributed by atoms with Crippen LogP contribution in [0.4, 0.5) is 0 Å². The van der Waals surface area contributed by atoms with Crippen molar-refractivity contribution in [1.82, 2.24) is 9.97 Å². The summed E-state index contributed by atoms with van der Waals surface area (Å²) in [7, 11) is 2.88. The highest BCUT2D eigenvalue weighted by molar-refractivity contribution is 7.17. The fraction of sp³-hybridized carbons (Fsp3) is 0.118. The number of hydrogen-bond donors (Lipinski definition) is 0. The Hall–Kier alpha value is -2.93. The van der Waals surface area contributed by atoms with Crippen molar-refractivity contribution in [2.75, 3.05) is 14.2 Å². The number of carbonyl (C=O) groups excluding carboxylic acids is 1. The number of carbonyl (C=O) groups is 1. The number of methoxy groups -OCH3 is 2. The number of ether oxygens (including phenoxy) is 3. The summed E-state index contributed by atoms with van der Waals surface area (Å²) < 4.78 is 16.7. The zero-order valence-corrected chi connectivity index (χ0v) is 13.9. The second-order valence-electron chi connectivity index (χ2n) is 4.68. The highest BCUT2D eigenvalue weighted by Crippen LogP contribution is 2.35. The molecule has 0 saturated heterocycles. The van der Waals surface area contributed by atoms with Gasteiger partial charge in [-0.25, -0.2) is 14.8 Å². The second-order valence-corrected chi connectivity index (χ2v) is 5.60. The third kappa shape index (κ3) is 3.36. The van der Waals surface area contributed by atoms with Crippen LogP contribution in [0.5, 0.6) is 17.4 Å². The number of rotatable bonds is 5. The summed E-state index contributed by atoms with van der Waals surface area (Å²) >= 11 is 1.51. The molecular formula is C17H14N2O4S. The molecule has 0 amide bonds. The molecule has 3 aromatic rings. The van der Waals surface area contributed by atoms with E-state index < -0.39 is 5.97 Å². The summed E-state index contributed by atoms with van der Waals surface area (Å²) in [6, 6.07) is 7.25. The van der Waals surface area contributed by atoms with Gasteiger partial charge in [0, 0.05) is 6.08 Å². The molecule has 0 spiro atoms. The monoisotopic (exact) mass is 342 g/mol. The average Bonchev–Trinajstić information content (AvgIpc) is 3.10. The highest BCUT2D eigenvalue weighted by atomic mass is 32.1. The van der Waals surface area contributed by atoms with Crippen molar-refractivity contribution in [1.29, 1.82) is 0 Å². The third-order valence-corrected chi connectivity index (χ3v) is 4.11. The summed E-state index contributed by atoms with van der Waals surface area (Å²) in [6.45, 7) is 0. The Kier molecular flexibility index (Phi) is 4.72. The number of benzene rings is 1. The van der Waals surface area contributed by atoms with E-state index in [2.05, 4.69) is 14.7 Å². The quantitative estimate of drug-likeness (QED) is 0.520. The standard InChI is InChI=1S/C17H14N2O4S/c1-21-14-9-11(4-6-15(20)22-2)3-5-13(14)23-17-16-12(7-8-24-16)18-10-19-17/h3-10H,1-2H3/b6-4+. The third-order valence-electron chi connectivity index (χ3n) is 3.22. The number of nitrogens with zero attached hydrogens (tertiary/aromatic N) is 2. The molecule has 7 heteroatoms. The van der Waals surface area contributed by atoms with E-state index in [4.69, 9.17) is 9.47 Å². The zero-order chi connectivity index (χ0) is 16.9. The van der Waals surface area contributed by atoms with E-state index in [0.717, 1.165) is 15.8 Å². The smallest absolute Gasteiger partial charge is 0.330 e. The number of hydrogen-bond acceptors (Lipinski definition) is 7. The van der Waals surface area contributed by atoms with Crippen LogP contribution in [-0.4, -0.2) is 30.2 Å². The molecule has 2 heterocycles. The SMILES string of the molecule is COC(=O)/C=C/c1ccc(Oc2ncnc3ccsc23)c(OC)c1. The summed E-state index contributed by atoms with van der Waals surface area (Å²) in [6.07, 6.45) is 4.44. The molecule has 0 aliphatic heterocycles. The van der Waals surface area contributed by atoms with Gasteiger partial charge in [-0.15, -0.1) is 11.3 Å². The van der Waals surface area contributed by atoms with Crippen LogP contribution < -0.4 is 9.47 Å². The van der Waals surface area contributed by atoms with E-state index in [1.54, 1.807) is 25.3 Å². The lowest BCUT2D eigenvalue weighted by atomic mass is 10.2. The van der Waals surface area contributed by atoms with E-state index in [9.17, 15) is 4.79 Å². The fourth-order valence-electron chi connectivity index (χ4n) is 2.05. The maximum atomic E-state index is 11.2. The van der Waals surface area contributed by atoms with Gasteiger partial charge in [0.05, 0.1) is 19.7 Å². The van der Waals surface area contributed by atoms with Crippen LogP contribution in [0.15, 0.2) is 42.0 Å². The van der Waals surface area contributed by atoms with Crippen LogP contribution in [0, 0.1) is 0 Å². The number of aromatic nitrogens is 2. The fourth-order valence-corrected chi connectivity index (χ4v) is 2.82.